The van der Waals surface area contributed by atoms with Crippen LogP contribution in [0.2, 0.25) is 5.02 Å². The summed E-state index contributed by atoms with van der Waals surface area (Å²) in [6.07, 6.45) is -1.16. The van der Waals surface area contributed by atoms with Crippen LogP contribution in [0, 0.1) is 12.4 Å². The van der Waals surface area contributed by atoms with Crippen LogP contribution in [0.4, 0.5) is 10.1 Å². The third-order valence-electron chi connectivity index (χ3n) is 4.47. The van der Waals surface area contributed by atoms with Crippen LogP contribution in [0.3, 0.4) is 0 Å². The van der Waals surface area contributed by atoms with Gasteiger partial charge in [-0.15, -0.1) is 0 Å². The molecule has 1 fully saturated rings. The zero-order valence-corrected chi connectivity index (χ0v) is 16.0. The second-order valence-electron chi connectivity index (χ2n) is 6.32. The molecule has 0 aliphatic carbocycles. The van der Waals surface area contributed by atoms with Crippen molar-refractivity contribution in [2.75, 3.05) is 19.7 Å². The van der Waals surface area contributed by atoms with Gasteiger partial charge in [0.05, 0.1) is 24.7 Å². The standard InChI is InChI=1S/C18H16ClFN2O5S/c1-21-15-7-6-12(8-14(15)20)27-17-9-22(10-18(17,24)11-23)28(25,26)16-5-3-2-4-13(16)19/h2-8,17,23-24H,9-11H2/t17-,18+/m0/s1. The number of hydrogen-bond acceptors (Lipinski definition) is 5. The van der Waals surface area contributed by atoms with Crippen LogP contribution in [-0.4, -0.2) is 54.3 Å². The molecule has 0 saturated carbocycles. The van der Waals surface area contributed by atoms with Crippen LogP contribution in [0.1, 0.15) is 0 Å². The van der Waals surface area contributed by atoms with Gasteiger partial charge in [-0.2, -0.15) is 4.31 Å². The number of benzene rings is 2. The van der Waals surface area contributed by atoms with E-state index in [1.54, 1.807) is 6.07 Å². The van der Waals surface area contributed by atoms with Gasteiger partial charge >= 0.3 is 0 Å². The lowest BCUT2D eigenvalue weighted by molar-refractivity contribution is -0.0641. The van der Waals surface area contributed by atoms with E-state index in [1.165, 1.54) is 30.3 Å². The topological polar surface area (TPSA) is 91.4 Å². The number of ether oxygens (including phenoxy) is 1. The number of sulfonamides is 1. The minimum atomic E-state index is -4.06. The number of aliphatic hydroxyl groups excluding tert-OH is 1. The van der Waals surface area contributed by atoms with E-state index in [4.69, 9.17) is 22.9 Å². The van der Waals surface area contributed by atoms with Crippen molar-refractivity contribution in [1.29, 1.82) is 0 Å². The van der Waals surface area contributed by atoms with Gasteiger partial charge in [0.25, 0.3) is 0 Å². The summed E-state index contributed by atoms with van der Waals surface area (Å²) in [5, 5.41) is 20.3. The first-order valence-corrected chi connectivity index (χ1v) is 9.94. The number of halogens is 2. The van der Waals surface area contributed by atoms with E-state index in [-0.39, 0.29) is 27.9 Å². The fourth-order valence-corrected chi connectivity index (χ4v) is 4.91. The Morgan fingerprint density at radius 2 is 2.07 bits per heavy atom. The Morgan fingerprint density at radius 1 is 1.36 bits per heavy atom. The largest absolute Gasteiger partial charge is 0.486 e. The number of hydrogen-bond donors (Lipinski definition) is 2. The summed E-state index contributed by atoms with van der Waals surface area (Å²) in [6, 6.07) is 9.38. The summed E-state index contributed by atoms with van der Waals surface area (Å²) in [7, 11) is -4.06. The molecule has 2 aromatic rings. The molecule has 2 N–H and O–H groups in total. The Hall–Kier alpha value is -2.22. The second-order valence-corrected chi connectivity index (χ2v) is 8.63. The first kappa shape index (κ1) is 20.5. The second kappa shape index (κ2) is 7.66. The van der Waals surface area contributed by atoms with Crippen LogP contribution in [0.25, 0.3) is 4.85 Å². The van der Waals surface area contributed by atoms with Crippen molar-refractivity contribution in [2.45, 2.75) is 16.6 Å². The van der Waals surface area contributed by atoms with E-state index >= 15 is 0 Å². The van der Waals surface area contributed by atoms with Crippen LogP contribution in [0.15, 0.2) is 47.4 Å². The summed E-state index contributed by atoms with van der Waals surface area (Å²) >= 11 is 5.99. The summed E-state index contributed by atoms with van der Waals surface area (Å²) in [4.78, 5) is 2.87. The first-order valence-electron chi connectivity index (χ1n) is 8.13. The van der Waals surface area contributed by atoms with Crippen molar-refractivity contribution >= 4 is 27.3 Å². The highest BCUT2D eigenvalue weighted by Crippen LogP contribution is 2.33. The van der Waals surface area contributed by atoms with Crippen molar-refractivity contribution in [3.8, 4) is 5.75 Å². The number of nitrogens with zero attached hydrogens (tertiary/aromatic N) is 2. The fourth-order valence-electron chi connectivity index (χ4n) is 2.92. The van der Waals surface area contributed by atoms with E-state index in [1.807, 2.05) is 0 Å². The molecule has 148 valence electrons. The average molecular weight is 427 g/mol. The van der Waals surface area contributed by atoms with Gasteiger partial charge in [0, 0.05) is 12.6 Å². The molecule has 1 aliphatic heterocycles. The Balaban J connectivity index is 1.89. The minimum Gasteiger partial charge on any atom is -0.486 e. The SMILES string of the molecule is [C-]#[N+]c1ccc(O[C@H]2CN(S(=O)(=O)c3ccccc3Cl)C[C@@]2(O)CO)cc1F. The lowest BCUT2D eigenvalue weighted by Crippen LogP contribution is -2.48. The van der Waals surface area contributed by atoms with E-state index in [0.29, 0.717) is 0 Å². The molecule has 0 amide bonds. The molecule has 1 saturated heterocycles. The van der Waals surface area contributed by atoms with Crippen molar-refractivity contribution in [1.82, 2.24) is 4.31 Å². The van der Waals surface area contributed by atoms with Gasteiger partial charge in [-0.25, -0.2) is 17.7 Å². The van der Waals surface area contributed by atoms with Crippen molar-refractivity contribution in [2.24, 2.45) is 0 Å². The van der Waals surface area contributed by atoms with Gasteiger partial charge in [0.2, 0.25) is 15.7 Å². The highest BCUT2D eigenvalue weighted by molar-refractivity contribution is 7.89. The average Bonchev–Trinajstić information content (AvgIpc) is 3.00. The van der Waals surface area contributed by atoms with Gasteiger partial charge in [0.15, 0.2) is 0 Å². The molecular weight excluding hydrogens is 411 g/mol. The molecular formula is C18H16ClFN2O5S. The summed E-state index contributed by atoms with van der Waals surface area (Å²) in [5.41, 5.74) is -2.09. The molecule has 2 atom stereocenters. The monoisotopic (exact) mass is 426 g/mol. The lowest BCUT2D eigenvalue weighted by Gasteiger charge is -2.27. The number of aliphatic hydroxyl groups is 2. The zero-order chi connectivity index (χ0) is 20.5. The lowest BCUT2D eigenvalue weighted by atomic mass is 10.0. The number of rotatable bonds is 5. The normalized spacial score (nSPS) is 22.8. The van der Waals surface area contributed by atoms with E-state index < -0.39 is 40.7 Å². The molecule has 10 heteroatoms. The van der Waals surface area contributed by atoms with Crippen molar-refractivity contribution in [3.63, 3.8) is 0 Å². The highest BCUT2D eigenvalue weighted by Gasteiger charge is 2.51. The Kier molecular flexibility index (Phi) is 5.61. The van der Waals surface area contributed by atoms with Crippen molar-refractivity contribution < 1.29 is 27.8 Å². The van der Waals surface area contributed by atoms with E-state index in [0.717, 1.165) is 10.4 Å². The van der Waals surface area contributed by atoms with E-state index in [9.17, 15) is 23.0 Å². The molecule has 0 spiro atoms. The summed E-state index contributed by atoms with van der Waals surface area (Å²) < 4.78 is 46.1. The Labute approximate surface area is 166 Å². The van der Waals surface area contributed by atoms with Crippen molar-refractivity contribution in [3.05, 3.63) is 64.7 Å². The molecule has 2 aromatic carbocycles. The smallest absolute Gasteiger partial charge is 0.244 e. The van der Waals surface area contributed by atoms with Crippen LogP contribution < -0.4 is 4.74 Å². The maximum atomic E-state index is 13.8. The van der Waals surface area contributed by atoms with Crippen LogP contribution in [-0.2, 0) is 10.0 Å². The maximum Gasteiger partial charge on any atom is 0.244 e. The molecule has 1 heterocycles. The third kappa shape index (κ3) is 3.70. The highest BCUT2D eigenvalue weighted by atomic mass is 35.5. The predicted octanol–water partition coefficient (Wildman–Crippen LogP) is 2.21. The molecule has 0 radical (unpaired) electrons. The molecule has 3 rings (SSSR count). The third-order valence-corrected chi connectivity index (χ3v) is 6.78. The van der Waals surface area contributed by atoms with Gasteiger partial charge in [-0.05, 0) is 24.3 Å². The van der Waals surface area contributed by atoms with Gasteiger partial charge < -0.3 is 14.9 Å². The predicted molar refractivity (Wildman–Crippen MR) is 99.3 cm³/mol. The molecule has 1 aliphatic rings. The minimum absolute atomic E-state index is 0.00114. The quantitative estimate of drug-likeness (QED) is 0.715. The molecule has 7 nitrogen and oxygen atoms in total. The Bertz CT molecular complexity index is 1040. The fraction of sp³-hybridized carbons (Fsp3) is 0.278. The zero-order valence-electron chi connectivity index (χ0n) is 14.4. The van der Waals surface area contributed by atoms with Gasteiger partial charge in [-0.3, -0.25) is 0 Å². The molecule has 28 heavy (non-hydrogen) atoms. The maximum absolute atomic E-state index is 13.8. The van der Waals surface area contributed by atoms with Gasteiger partial charge in [-0.1, -0.05) is 23.7 Å². The summed E-state index contributed by atoms with van der Waals surface area (Å²) in [5.74, 6) is -0.808. The summed E-state index contributed by atoms with van der Waals surface area (Å²) in [6.45, 7) is 5.38. The van der Waals surface area contributed by atoms with Crippen LogP contribution >= 0.6 is 11.6 Å². The molecule has 0 aromatic heterocycles. The van der Waals surface area contributed by atoms with Crippen LogP contribution in [0.5, 0.6) is 5.75 Å². The number of β-amino-alcohol motifs (C(OH)–C–C–N with tert-alkyl or cyclic N) is 1. The van der Waals surface area contributed by atoms with Gasteiger partial charge in [0.1, 0.15) is 28.2 Å². The van der Waals surface area contributed by atoms with E-state index in [2.05, 4.69) is 4.85 Å². The molecule has 0 unspecified atom stereocenters. The molecule has 0 bridgehead atoms. The first-order chi connectivity index (χ1) is 13.2. The Morgan fingerprint density at radius 3 is 2.68 bits per heavy atom.